The first-order valence-corrected chi connectivity index (χ1v) is 6.49. The number of carbonyl (C=O) groups is 1. The number of hydrogen-bond acceptors (Lipinski definition) is 6. The Hall–Kier alpha value is -1.83. The first-order chi connectivity index (χ1) is 10.1. The van der Waals surface area contributed by atoms with E-state index < -0.39 is 31.3 Å². The highest BCUT2D eigenvalue weighted by molar-refractivity contribution is 5.77. The predicted molar refractivity (Wildman–Crippen MR) is 75.2 cm³/mol. The molecule has 1 amide bonds. The van der Waals surface area contributed by atoms with E-state index >= 15 is 0 Å². The van der Waals surface area contributed by atoms with E-state index in [1.807, 2.05) is 0 Å². The molecule has 1 aromatic rings. The highest BCUT2D eigenvalue weighted by Gasteiger charge is 2.29. The van der Waals surface area contributed by atoms with Gasteiger partial charge in [0.05, 0.1) is 40.0 Å². The molecule has 7 nitrogen and oxygen atoms in total. The van der Waals surface area contributed by atoms with Gasteiger partial charge in [0.25, 0.3) is 0 Å². The Balaban J connectivity index is 2.39. The van der Waals surface area contributed by atoms with Crippen LogP contribution in [0.2, 0.25) is 0 Å². The van der Waals surface area contributed by atoms with Gasteiger partial charge in [0.15, 0.2) is 0 Å². The molecule has 1 rings (SSSR count). The Morgan fingerprint density at radius 3 is 2.10 bits per heavy atom. The van der Waals surface area contributed by atoms with Gasteiger partial charge in [0.2, 0.25) is 5.91 Å². The molecule has 0 heterocycles. The van der Waals surface area contributed by atoms with Gasteiger partial charge in [-0.3, -0.25) is 4.79 Å². The fraction of sp³-hybridized carbons (Fsp3) is 0.500. The molecule has 0 fully saturated rings. The number of amides is 1. The Bertz CT molecular complexity index is 421. The number of aliphatic hydroxyl groups excluding tert-OH is 3. The van der Waals surface area contributed by atoms with Crippen molar-refractivity contribution in [3.05, 3.63) is 24.3 Å². The normalized spacial score (nSPS) is 11.0. The molecule has 0 bridgehead atoms. The van der Waals surface area contributed by atoms with E-state index in [1.54, 1.807) is 31.4 Å². The van der Waals surface area contributed by atoms with Crippen molar-refractivity contribution >= 4 is 5.91 Å². The minimum absolute atomic E-state index is 0.0355. The standard InChI is InChI=1S/C14H21NO6/c1-20-11-2-4-12(5-3-11)21-7-6-13(19)15-14(8-16,9-17)10-18/h2-5,16-18H,6-10H2,1H3,(H,15,19). The van der Waals surface area contributed by atoms with Gasteiger partial charge in [-0.25, -0.2) is 0 Å². The highest BCUT2D eigenvalue weighted by Crippen LogP contribution is 2.17. The number of rotatable bonds is 9. The zero-order chi connectivity index (χ0) is 15.7. The van der Waals surface area contributed by atoms with Crippen molar-refractivity contribution in [2.45, 2.75) is 12.0 Å². The second kappa shape index (κ2) is 8.46. The number of nitrogens with one attached hydrogen (secondary N) is 1. The van der Waals surface area contributed by atoms with E-state index in [2.05, 4.69) is 5.32 Å². The van der Waals surface area contributed by atoms with Crippen molar-refractivity contribution < 1.29 is 29.6 Å². The third kappa shape index (κ3) is 5.22. The lowest BCUT2D eigenvalue weighted by molar-refractivity contribution is -0.125. The lowest BCUT2D eigenvalue weighted by Gasteiger charge is -2.28. The maximum atomic E-state index is 11.7. The summed E-state index contributed by atoms with van der Waals surface area (Å²) in [5.74, 6) is 0.876. The average molecular weight is 299 g/mol. The van der Waals surface area contributed by atoms with E-state index in [1.165, 1.54) is 0 Å². The molecular formula is C14H21NO6. The number of methoxy groups -OCH3 is 1. The third-order valence-electron chi connectivity index (χ3n) is 2.97. The molecule has 0 radical (unpaired) electrons. The Morgan fingerprint density at radius 1 is 1.10 bits per heavy atom. The van der Waals surface area contributed by atoms with Gasteiger partial charge in [-0.2, -0.15) is 0 Å². The van der Waals surface area contributed by atoms with Crippen LogP contribution in [0.15, 0.2) is 24.3 Å². The molecule has 0 saturated heterocycles. The van der Waals surface area contributed by atoms with Crippen molar-refractivity contribution in [1.82, 2.24) is 5.32 Å². The van der Waals surface area contributed by atoms with Gasteiger partial charge in [-0.15, -0.1) is 0 Å². The number of carbonyl (C=O) groups excluding carboxylic acids is 1. The second-order valence-corrected chi connectivity index (χ2v) is 4.58. The maximum Gasteiger partial charge on any atom is 0.224 e. The van der Waals surface area contributed by atoms with Crippen LogP contribution in [0.4, 0.5) is 0 Å². The van der Waals surface area contributed by atoms with Crippen LogP contribution in [0.1, 0.15) is 6.42 Å². The number of ether oxygens (including phenoxy) is 2. The van der Waals surface area contributed by atoms with Crippen LogP contribution in [-0.2, 0) is 4.79 Å². The summed E-state index contributed by atoms with van der Waals surface area (Å²) < 4.78 is 10.4. The molecule has 0 aliphatic carbocycles. The van der Waals surface area contributed by atoms with Crippen molar-refractivity contribution in [2.24, 2.45) is 0 Å². The summed E-state index contributed by atoms with van der Waals surface area (Å²) in [5, 5.41) is 29.7. The number of aliphatic hydroxyl groups is 3. The molecule has 0 atom stereocenters. The fourth-order valence-electron chi connectivity index (χ4n) is 1.56. The van der Waals surface area contributed by atoms with Crippen LogP contribution in [0, 0.1) is 0 Å². The van der Waals surface area contributed by atoms with Crippen molar-refractivity contribution in [2.75, 3.05) is 33.5 Å². The van der Waals surface area contributed by atoms with Gasteiger partial charge in [0.1, 0.15) is 17.0 Å². The summed E-state index contributed by atoms with van der Waals surface area (Å²) >= 11 is 0. The van der Waals surface area contributed by atoms with Crippen molar-refractivity contribution in [1.29, 1.82) is 0 Å². The lowest BCUT2D eigenvalue weighted by Crippen LogP contribution is -2.57. The SMILES string of the molecule is COc1ccc(OCCC(=O)NC(CO)(CO)CO)cc1. The fourth-order valence-corrected chi connectivity index (χ4v) is 1.56. The van der Waals surface area contributed by atoms with Crippen LogP contribution in [0.3, 0.4) is 0 Å². The minimum atomic E-state index is -1.41. The molecule has 21 heavy (non-hydrogen) atoms. The van der Waals surface area contributed by atoms with Crippen molar-refractivity contribution in [3.63, 3.8) is 0 Å². The predicted octanol–water partition coefficient (Wildman–Crippen LogP) is -0.704. The molecule has 0 spiro atoms. The minimum Gasteiger partial charge on any atom is -0.497 e. The molecule has 0 aliphatic heterocycles. The van der Waals surface area contributed by atoms with Gasteiger partial charge in [0, 0.05) is 0 Å². The molecule has 118 valence electrons. The Labute approximate surface area is 123 Å². The zero-order valence-corrected chi connectivity index (χ0v) is 11.9. The average Bonchev–Trinajstić information content (AvgIpc) is 2.53. The summed E-state index contributed by atoms with van der Waals surface area (Å²) in [5.41, 5.74) is -1.41. The summed E-state index contributed by atoms with van der Waals surface area (Å²) in [4.78, 5) is 11.7. The molecule has 0 aromatic heterocycles. The summed E-state index contributed by atoms with van der Waals surface area (Å²) in [6, 6.07) is 6.92. The molecule has 0 aliphatic rings. The van der Waals surface area contributed by atoms with Crippen LogP contribution in [-0.4, -0.2) is 60.3 Å². The lowest BCUT2D eigenvalue weighted by atomic mass is 10.0. The van der Waals surface area contributed by atoms with E-state index in [9.17, 15) is 4.79 Å². The van der Waals surface area contributed by atoms with E-state index in [0.29, 0.717) is 11.5 Å². The summed E-state index contributed by atoms with van der Waals surface area (Å²) in [6.45, 7) is -1.52. The Kier molecular flexibility index (Phi) is 6.93. The molecule has 7 heteroatoms. The molecular weight excluding hydrogens is 278 g/mol. The smallest absolute Gasteiger partial charge is 0.224 e. The van der Waals surface area contributed by atoms with Gasteiger partial charge < -0.3 is 30.1 Å². The van der Waals surface area contributed by atoms with Crippen molar-refractivity contribution in [3.8, 4) is 11.5 Å². The number of hydrogen-bond donors (Lipinski definition) is 4. The molecule has 4 N–H and O–H groups in total. The number of benzene rings is 1. The van der Waals surface area contributed by atoms with Crippen LogP contribution < -0.4 is 14.8 Å². The first-order valence-electron chi connectivity index (χ1n) is 6.49. The second-order valence-electron chi connectivity index (χ2n) is 4.58. The molecule has 0 saturated carbocycles. The monoisotopic (exact) mass is 299 g/mol. The van der Waals surface area contributed by atoms with E-state index in [4.69, 9.17) is 24.8 Å². The van der Waals surface area contributed by atoms with Gasteiger partial charge >= 0.3 is 0 Å². The van der Waals surface area contributed by atoms with Gasteiger partial charge in [-0.05, 0) is 24.3 Å². The summed E-state index contributed by atoms with van der Waals surface area (Å²) in [6.07, 6.45) is 0.0355. The Morgan fingerprint density at radius 2 is 1.62 bits per heavy atom. The van der Waals surface area contributed by atoms with E-state index in [0.717, 1.165) is 0 Å². The highest BCUT2D eigenvalue weighted by atomic mass is 16.5. The maximum absolute atomic E-state index is 11.7. The summed E-state index contributed by atoms with van der Waals surface area (Å²) in [7, 11) is 1.57. The quantitative estimate of drug-likeness (QED) is 0.480. The van der Waals surface area contributed by atoms with Crippen LogP contribution in [0.5, 0.6) is 11.5 Å². The van der Waals surface area contributed by atoms with E-state index in [-0.39, 0.29) is 13.0 Å². The molecule has 0 unspecified atom stereocenters. The van der Waals surface area contributed by atoms with Crippen LogP contribution >= 0.6 is 0 Å². The van der Waals surface area contributed by atoms with Crippen LogP contribution in [0.25, 0.3) is 0 Å². The topological polar surface area (TPSA) is 108 Å². The van der Waals surface area contributed by atoms with Gasteiger partial charge in [-0.1, -0.05) is 0 Å². The molecule has 1 aromatic carbocycles. The third-order valence-corrected chi connectivity index (χ3v) is 2.97. The zero-order valence-electron chi connectivity index (χ0n) is 11.9. The largest absolute Gasteiger partial charge is 0.497 e. The first kappa shape index (κ1) is 17.2.